The van der Waals surface area contributed by atoms with Gasteiger partial charge >= 0.3 is 5.69 Å². The van der Waals surface area contributed by atoms with Crippen molar-refractivity contribution >= 4 is 17.2 Å². The Hall–Kier alpha value is -3.34. The van der Waals surface area contributed by atoms with Gasteiger partial charge in [-0.2, -0.15) is 5.26 Å². The van der Waals surface area contributed by atoms with Crippen LogP contribution in [0.15, 0.2) is 36.4 Å². The molecule has 0 atom stereocenters. The normalized spacial score (nSPS) is 14.1. The molecule has 0 radical (unpaired) electrons. The molecule has 1 aromatic carbocycles. The van der Waals surface area contributed by atoms with E-state index in [4.69, 9.17) is 10.00 Å². The number of piperazine rings is 1. The lowest BCUT2D eigenvalue weighted by Crippen LogP contribution is -2.47. The van der Waals surface area contributed by atoms with E-state index in [2.05, 4.69) is 9.88 Å². The van der Waals surface area contributed by atoms with Crippen molar-refractivity contribution in [2.75, 3.05) is 43.1 Å². The Morgan fingerprint density at radius 1 is 1.16 bits per heavy atom. The highest BCUT2D eigenvalue weighted by Crippen LogP contribution is 2.29. The van der Waals surface area contributed by atoms with Gasteiger partial charge in [-0.25, -0.2) is 4.98 Å². The standard InChI is InChI=1S/C17H17N5O3/c1-25-16-5-3-2-4-15(16)20-8-10-21(11-9-20)17-7-6-14(22(23)24)13(12-18)19-17/h2-7H,8-11H2,1H3. The van der Waals surface area contributed by atoms with E-state index in [9.17, 15) is 10.1 Å². The maximum atomic E-state index is 10.9. The molecule has 25 heavy (non-hydrogen) atoms. The van der Waals surface area contributed by atoms with Gasteiger partial charge in [0.05, 0.1) is 17.7 Å². The number of rotatable bonds is 4. The lowest BCUT2D eigenvalue weighted by atomic mass is 10.2. The fourth-order valence-corrected chi connectivity index (χ4v) is 2.91. The number of pyridine rings is 1. The first-order chi connectivity index (χ1) is 12.1. The Morgan fingerprint density at radius 2 is 1.84 bits per heavy atom. The van der Waals surface area contributed by atoms with Crippen molar-refractivity contribution in [3.8, 4) is 11.8 Å². The molecule has 128 valence electrons. The minimum Gasteiger partial charge on any atom is -0.495 e. The van der Waals surface area contributed by atoms with E-state index in [1.54, 1.807) is 19.2 Å². The number of nitriles is 1. The summed E-state index contributed by atoms with van der Waals surface area (Å²) in [6.07, 6.45) is 0. The number of hydrogen-bond donors (Lipinski definition) is 0. The zero-order valence-electron chi connectivity index (χ0n) is 13.8. The second-order valence-electron chi connectivity index (χ2n) is 5.55. The van der Waals surface area contributed by atoms with E-state index in [1.165, 1.54) is 6.07 Å². The molecule has 1 aromatic heterocycles. The summed E-state index contributed by atoms with van der Waals surface area (Å²) >= 11 is 0. The van der Waals surface area contributed by atoms with E-state index < -0.39 is 4.92 Å². The Kier molecular flexibility index (Phi) is 4.66. The maximum Gasteiger partial charge on any atom is 0.305 e. The van der Waals surface area contributed by atoms with Crippen molar-refractivity contribution in [1.29, 1.82) is 5.26 Å². The van der Waals surface area contributed by atoms with Crippen LogP contribution in [0.5, 0.6) is 5.75 Å². The zero-order valence-corrected chi connectivity index (χ0v) is 13.8. The minimum atomic E-state index is -0.588. The predicted molar refractivity (Wildman–Crippen MR) is 93.0 cm³/mol. The highest BCUT2D eigenvalue weighted by Gasteiger charge is 2.23. The van der Waals surface area contributed by atoms with Gasteiger partial charge in [0.15, 0.2) is 0 Å². The minimum absolute atomic E-state index is 0.158. The molecule has 1 aliphatic rings. The topological polar surface area (TPSA) is 95.5 Å². The van der Waals surface area contributed by atoms with Crippen LogP contribution < -0.4 is 14.5 Å². The molecule has 0 aliphatic carbocycles. The van der Waals surface area contributed by atoms with Crippen LogP contribution in [0.1, 0.15) is 5.69 Å². The Balaban J connectivity index is 1.74. The molecule has 1 fully saturated rings. The number of methoxy groups -OCH3 is 1. The average molecular weight is 339 g/mol. The summed E-state index contributed by atoms with van der Waals surface area (Å²) in [6, 6.07) is 12.6. The number of ether oxygens (including phenoxy) is 1. The monoisotopic (exact) mass is 339 g/mol. The number of anilines is 2. The van der Waals surface area contributed by atoms with Gasteiger partial charge in [-0.05, 0) is 18.2 Å². The summed E-state index contributed by atoms with van der Waals surface area (Å²) in [7, 11) is 1.65. The fourth-order valence-electron chi connectivity index (χ4n) is 2.91. The summed E-state index contributed by atoms with van der Waals surface area (Å²) in [5.74, 6) is 1.41. The molecule has 8 heteroatoms. The van der Waals surface area contributed by atoms with E-state index in [0.717, 1.165) is 24.5 Å². The van der Waals surface area contributed by atoms with Crippen LogP contribution in [-0.4, -0.2) is 43.2 Å². The van der Waals surface area contributed by atoms with Crippen molar-refractivity contribution in [1.82, 2.24) is 4.98 Å². The van der Waals surface area contributed by atoms with Crippen molar-refractivity contribution < 1.29 is 9.66 Å². The third-order valence-electron chi connectivity index (χ3n) is 4.19. The third kappa shape index (κ3) is 3.30. The fraction of sp³-hybridized carbons (Fsp3) is 0.294. The van der Waals surface area contributed by atoms with Crippen LogP contribution in [0.3, 0.4) is 0 Å². The molecule has 2 heterocycles. The third-order valence-corrected chi connectivity index (χ3v) is 4.19. The highest BCUT2D eigenvalue weighted by atomic mass is 16.6. The summed E-state index contributed by atoms with van der Waals surface area (Å²) in [6.45, 7) is 2.93. The Morgan fingerprint density at radius 3 is 2.48 bits per heavy atom. The number of nitro groups is 1. The van der Waals surface area contributed by atoms with Crippen LogP contribution >= 0.6 is 0 Å². The molecule has 8 nitrogen and oxygen atoms in total. The number of benzene rings is 1. The summed E-state index contributed by atoms with van der Waals surface area (Å²) in [5, 5.41) is 20.0. The van der Waals surface area contributed by atoms with Gasteiger partial charge in [0.1, 0.15) is 17.6 Å². The molecule has 0 N–H and O–H groups in total. The maximum absolute atomic E-state index is 10.9. The molecular weight excluding hydrogens is 322 g/mol. The van der Waals surface area contributed by atoms with E-state index in [-0.39, 0.29) is 11.4 Å². The number of aromatic nitrogens is 1. The van der Waals surface area contributed by atoms with Gasteiger partial charge in [0, 0.05) is 32.2 Å². The first-order valence-electron chi connectivity index (χ1n) is 7.82. The van der Waals surface area contributed by atoms with Gasteiger partial charge in [-0.1, -0.05) is 12.1 Å². The number of nitrogens with zero attached hydrogens (tertiary/aromatic N) is 5. The van der Waals surface area contributed by atoms with Gasteiger partial charge in [-0.15, -0.1) is 0 Å². The van der Waals surface area contributed by atoms with Crippen LogP contribution in [0.25, 0.3) is 0 Å². The SMILES string of the molecule is COc1ccccc1N1CCN(c2ccc([N+](=O)[O-])c(C#N)n2)CC1. The molecule has 1 aliphatic heterocycles. The molecule has 0 unspecified atom stereocenters. The summed E-state index contributed by atoms with van der Waals surface area (Å²) < 4.78 is 5.41. The molecule has 0 saturated carbocycles. The van der Waals surface area contributed by atoms with Crippen molar-refractivity contribution in [2.45, 2.75) is 0 Å². The van der Waals surface area contributed by atoms with Gasteiger partial charge < -0.3 is 14.5 Å². The van der Waals surface area contributed by atoms with Gasteiger partial charge in [0.25, 0.3) is 0 Å². The van der Waals surface area contributed by atoms with E-state index in [0.29, 0.717) is 18.9 Å². The number of para-hydroxylation sites is 2. The Bertz CT molecular complexity index is 825. The lowest BCUT2D eigenvalue weighted by molar-refractivity contribution is -0.385. The summed E-state index contributed by atoms with van der Waals surface area (Å²) in [4.78, 5) is 18.7. The lowest BCUT2D eigenvalue weighted by Gasteiger charge is -2.37. The van der Waals surface area contributed by atoms with Crippen LogP contribution in [0.4, 0.5) is 17.2 Å². The molecule has 0 bridgehead atoms. The average Bonchev–Trinajstić information content (AvgIpc) is 2.67. The molecule has 1 saturated heterocycles. The van der Waals surface area contributed by atoms with Crippen molar-refractivity contribution in [3.05, 3.63) is 52.2 Å². The second-order valence-corrected chi connectivity index (χ2v) is 5.55. The highest BCUT2D eigenvalue weighted by molar-refractivity contribution is 5.60. The molecule has 0 amide bonds. The molecule has 2 aromatic rings. The second kappa shape index (κ2) is 7.05. The predicted octanol–water partition coefficient (Wildman–Crippen LogP) is 2.20. The van der Waals surface area contributed by atoms with Crippen LogP contribution in [0.2, 0.25) is 0 Å². The van der Waals surface area contributed by atoms with E-state index >= 15 is 0 Å². The van der Waals surface area contributed by atoms with Gasteiger partial charge in [0.2, 0.25) is 5.69 Å². The first-order valence-corrected chi connectivity index (χ1v) is 7.82. The zero-order chi connectivity index (χ0) is 17.8. The Labute approximate surface area is 145 Å². The first kappa shape index (κ1) is 16.5. The largest absolute Gasteiger partial charge is 0.495 e. The number of hydrogen-bond acceptors (Lipinski definition) is 7. The van der Waals surface area contributed by atoms with Crippen LogP contribution in [0, 0.1) is 21.4 Å². The molecular formula is C17H17N5O3. The van der Waals surface area contributed by atoms with Gasteiger partial charge in [-0.3, -0.25) is 10.1 Å². The van der Waals surface area contributed by atoms with Crippen molar-refractivity contribution in [2.24, 2.45) is 0 Å². The van der Waals surface area contributed by atoms with Crippen LogP contribution in [-0.2, 0) is 0 Å². The quantitative estimate of drug-likeness (QED) is 0.622. The van der Waals surface area contributed by atoms with E-state index in [1.807, 2.05) is 29.2 Å². The summed E-state index contributed by atoms with van der Waals surface area (Å²) in [5.41, 5.74) is 0.618. The molecule has 0 spiro atoms. The van der Waals surface area contributed by atoms with Crippen molar-refractivity contribution in [3.63, 3.8) is 0 Å². The smallest absolute Gasteiger partial charge is 0.305 e. The molecule has 3 rings (SSSR count).